The van der Waals surface area contributed by atoms with Gasteiger partial charge in [-0.25, -0.2) is 9.37 Å². The predicted molar refractivity (Wildman–Crippen MR) is 75.7 cm³/mol. The van der Waals surface area contributed by atoms with Crippen molar-refractivity contribution in [3.05, 3.63) is 28.8 Å². The molecule has 1 N–H and O–H groups in total. The zero-order chi connectivity index (χ0) is 15.1. The summed E-state index contributed by atoms with van der Waals surface area (Å²) in [7, 11) is 0. The fraction of sp³-hybridized carbons (Fsp3) is 0.308. The maximum Gasteiger partial charge on any atom is 0.249 e. The molecule has 1 aromatic carbocycles. The topological polar surface area (TPSA) is 64.0 Å². The molecule has 1 aromatic heterocycles. The molecule has 5 nitrogen and oxygen atoms in total. The second kappa shape index (κ2) is 5.27. The first kappa shape index (κ1) is 14.3. The van der Waals surface area contributed by atoms with Gasteiger partial charge < -0.3 is 4.57 Å². The lowest BCUT2D eigenvalue weighted by Gasteiger charge is -2.24. The van der Waals surface area contributed by atoms with E-state index in [0.29, 0.717) is 23.3 Å². The lowest BCUT2D eigenvalue weighted by atomic mass is 10.1. The Balaban J connectivity index is 2.18. The number of carbonyl (C=O) groups excluding carboxylic acids is 2. The van der Waals surface area contributed by atoms with Gasteiger partial charge in [0.15, 0.2) is 0 Å². The Morgan fingerprint density at radius 3 is 2.86 bits per heavy atom. The van der Waals surface area contributed by atoms with E-state index in [1.807, 2.05) is 0 Å². The number of hydrogen-bond acceptors (Lipinski definition) is 3. The summed E-state index contributed by atoms with van der Waals surface area (Å²) < 4.78 is 15.3. The van der Waals surface area contributed by atoms with Gasteiger partial charge in [0.25, 0.3) is 0 Å². The minimum Gasteiger partial charge on any atom is -0.314 e. The van der Waals surface area contributed by atoms with Crippen LogP contribution in [0.4, 0.5) is 4.39 Å². The second-order valence-corrected chi connectivity index (χ2v) is 5.43. The van der Waals surface area contributed by atoms with E-state index in [-0.39, 0.29) is 23.2 Å². The molecule has 1 fully saturated rings. The predicted octanol–water partition coefficient (Wildman–Crippen LogP) is 2.55. The van der Waals surface area contributed by atoms with Crippen LogP contribution in [-0.4, -0.2) is 21.4 Å². The molecule has 110 valence electrons. The van der Waals surface area contributed by atoms with E-state index in [0.717, 1.165) is 0 Å². The van der Waals surface area contributed by atoms with Crippen molar-refractivity contribution < 1.29 is 14.0 Å². The van der Waals surface area contributed by atoms with E-state index in [4.69, 9.17) is 23.2 Å². The zero-order valence-electron chi connectivity index (χ0n) is 10.7. The van der Waals surface area contributed by atoms with Crippen molar-refractivity contribution in [1.29, 1.82) is 0 Å². The van der Waals surface area contributed by atoms with E-state index in [9.17, 15) is 14.0 Å². The zero-order valence-corrected chi connectivity index (χ0v) is 12.2. The average Bonchev–Trinajstić information content (AvgIpc) is 2.77. The third kappa shape index (κ3) is 2.38. The highest BCUT2D eigenvalue weighted by molar-refractivity contribution is 6.31. The van der Waals surface area contributed by atoms with Gasteiger partial charge in [-0.3, -0.25) is 14.9 Å². The second-order valence-electron chi connectivity index (χ2n) is 4.75. The van der Waals surface area contributed by atoms with Crippen LogP contribution in [0.2, 0.25) is 5.02 Å². The third-order valence-corrected chi connectivity index (χ3v) is 3.97. The minimum atomic E-state index is -0.637. The number of piperidine rings is 1. The van der Waals surface area contributed by atoms with Gasteiger partial charge in [-0.05, 0) is 12.5 Å². The van der Waals surface area contributed by atoms with Gasteiger partial charge in [0.1, 0.15) is 17.7 Å². The van der Waals surface area contributed by atoms with Crippen LogP contribution in [0.1, 0.15) is 24.7 Å². The van der Waals surface area contributed by atoms with Gasteiger partial charge in [-0.15, -0.1) is 11.6 Å². The number of imide groups is 1. The molecule has 2 aromatic rings. The molecule has 0 bridgehead atoms. The number of nitrogens with zero attached hydrogens (tertiary/aromatic N) is 2. The van der Waals surface area contributed by atoms with Crippen molar-refractivity contribution >= 4 is 46.0 Å². The fourth-order valence-electron chi connectivity index (χ4n) is 2.51. The van der Waals surface area contributed by atoms with Crippen LogP contribution in [0.25, 0.3) is 11.0 Å². The Kier molecular flexibility index (Phi) is 3.59. The summed E-state index contributed by atoms with van der Waals surface area (Å²) in [5.74, 6) is -0.859. The van der Waals surface area contributed by atoms with Gasteiger partial charge in [0.2, 0.25) is 11.8 Å². The number of nitrogens with one attached hydrogen (secondary N) is 1. The van der Waals surface area contributed by atoms with E-state index in [2.05, 4.69) is 10.3 Å². The first-order chi connectivity index (χ1) is 10.0. The Bertz CT molecular complexity index is 759. The van der Waals surface area contributed by atoms with Crippen molar-refractivity contribution in [3.63, 3.8) is 0 Å². The number of aromatic nitrogens is 2. The van der Waals surface area contributed by atoms with Crippen molar-refractivity contribution in [2.45, 2.75) is 24.8 Å². The molecule has 0 spiro atoms. The number of amides is 2. The van der Waals surface area contributed by atoms with E-state index in [1.54, 1.807) is 4.57 Å². The molecule has 0 saturated carbocycles. The van der Waals surface area contributed by atoms with Gasteiger partial charge >= 0.3 is 0 Å². The molecule has 1 saturated heterocycles. The molecule has 1 atom stereocenters. The highest BCUT2D eigenvalue weighted by Crippen LogP contribution is 2.30. The van der Waals surface area contributed by atoms with Gasteiger partial charge in [0, 0.05) is 12.5 Å². The summed E-state index contributed by atoms with van der Waals surface area (Å²) in [6, 6.07) is 1.98. The molecule has 2 heterocycles. The first-order valence-corrected chi connectivity index (χ1v) is 7.18. The molecule has 0 aliphatic carbocycles. The van der Waals surface area contributed by atoms with Crippen LogP contribution >= 0.6 is 23.2 Å². The van der Waals surface area contributed by atoms with Crippen LogP contribution in [0.5, 0.6) is 0 Å². The third-order valence-electron chi connectivity index (χ3n) is 3.45. The summed E-state index contributed by atoms with van der Waals surface area (Å²) in [6.45, 7) is 0. The standard InChI is InChI=1S/C13H10Cl2FN3O2/c14-5-11-17-8-3-6(15)7(16)4-10(8)19(11)9-1-2-12(20)18-13(9)21/h3-4,9H,1-2,5H2,(H,18,20,21). The smallest absolute Gasteiger partial charge is 0.249 e. The average molecular weight is 330 g/mol. The van der Waals surface area contributed by atoms with Crippen molar-refractivity contribution in [3.8, 4) is 0 Å². The highest BCUT2D eigenvalue weighted by Gasteiger charge is 2.31. The molecule has 8 heteroatoms. The maximum absolute atomic E-state index is 13.7. The fourth-order valence-corrected chi connectivity index (χ4v) is 2.86. The summed E-state index contributed by atoms with van der Waals surface area (Å²) in [5.41, 5.74) is 0.892. The van der Waals surface area contributed by atoms with Gasteiger partial charge in [0.05, 0.1) is 21.9 Å². The van der Waals surface area contributed by atoms with Crippen LogP contribution in [-0.2, 0) is 15.5 Å². The Morgan fingerprint density at radius 2 is 2.19 bits per heavy atom. The molecule has 0 radical (unpaired) electrons. The van der Waals surface area contributed by atoms with E-state index >= 15 is 0 Å². The molecule has 1 unspecified atom stereocenters. The highest BCUT2D eigenvalue weighted by atomic mass is 35.5. The van der Waals surface area contributed by atoms with E-state index in [1.165, 1.54) is 12.1 Å². The molecule has 1 aliphatic rings. The Labute approximate surface area is 129 Å². The monoisotopic (exact) mass is 329 g/mol. The maximum atomic E-state index is 13.7. The molecule has 3 rings (SSSR count). The Morgan fingerprint density at radius 1 is 1.43 bits per heavy atom. The summed E-state index contributed by atoms with van der Waals surface area (Å²) in [4.78, 5) is 27.5. The van der Waals surface area contributed by atoms with Crippen LogP contribution in [0, 0.1) is 5.82 Å². The summed E-state index contributed by atoms with van der Waals surface area (Å²) in [5, 5.41) is 2.23. The summed E-state index contributed by atoms with van der Waals surface area (Å²) in [6.07, 6.45) is 0.540. The summed E-state index contributed by atoms with van der Waals surface area (Å²) >= 11 is 11.6. The number of benzene rings is 1. The van der Waals surface area contributed by atoms with Gasteiger partial charge in [-0.1, -0.05) is 11.6 Å². The Hall–Kier alpha value is -1.66. The molecule has 2 amide bonds. The number of halogens is 3. The number of alkyl halides is 1. The number of imidazole rings is 1. The largest absolute Gasteiger partial charge is 0.314 e. The normalized spacial score (nSPS) is 19.1. The van der Waals surface area contributed by atoms with Gasteiger partial charge in [-0.2, -0.15) is 0 Å². The number of hydrogen-bond donors (Lipinski definition) is 1. The van der Waals surface area contributed by atoms with Crippen molar-refractivity contribution in [1.82, 2.24) is 14.9 Å². The molecule has 21 heavy (non-hydrogen) atoms. The van der Waals surface area contributed by atoms with Crippen LogP contribution in [0.3, 0.4) is 0 Å². The number of carbonyl (C=O) groups is 2. The lowest BCUT2D eigenvalue weighted by molar-refractivity contribution is -0.135. The van der Waals surface area contributed by atoms with Crippen molar-refractivity contribution in [2.24, 2.45) is 0 Å². The lowest BCUT2D eigenvalue weighted by Crippen LogP contribution is -2.42. The van der Waals surface area contributed by atoms with Crippen LogP contribution < -0.4 is 5.32 Å². The molecule has 1 aliphatic heterocycles. The SMILES string of the molecule is O=C1CCC(n2c(CCl)nc3cc(Cl)c(F)cc32)C(=O)N1. The number of rotatable bonds is 2. The first-order valence-electron chi connectivity index (χ1n) is 6.26. The quantitative estimate of drug-likeness (QED) is 0.680. The van der Waals surface area contributed by atoms with Crippen LogP contribution in [0.15, 0.2) is 12.1 Å². The van der Waals surface area contributed by atoms with Crippen molar-refractivity contribution in [2.75, 3.05) is 0 Å². The van der Waals surface area contributed by atoms with E-state index < -0.39 is 17.8 Å². The number of fused-ring (bicyclic) bond motifs is 1. The molecular weight excluding hydrogens is 320 g/mol. The minimum absolute atomic E-state index is 0.0449. The molecular formula is C13H10Cl2FN3O2.